The third-order valence-electron chi connectivity index (χ3n) is 12.5. The zero-order chi connectivity index (χ0) is 68.7. The van der Waals surface area contributed by atoms with Crippen LogP contribution in [-0.4, -0.2) is 235 Å². The lowest BCUT2D eigenvalue weighted by Crippen LogP contribution is -2.63. The van der Waals surface area contributed by atoms with E-state index in [9.17, 15) is 107 Å². The fourth-order valence-electron chi connectivity index (χ4n) is 7.56. The number of aliphatic hydroxyl groups excluding tert-OH is 3. The van der Waals surface area contributed by atoms with Crippen molar-refractivity contribution in [3.63, 3.8) is 0 Å². The number of carbonyl (C=O) groups excluding carboxylic acids is 12. The second-order valence-electron chi connectivity index (χ2n) is 20.9. The number of guanidine groups is 1. The maximum absolute atomic E-state index is 13.8. The van der Waals surface area contributed by atoms with Crippen LogP contribution in [0.3, 0.4) is 0 Å². The predicted molar refractivity (Wildman–Crippen MR) is 303 cm³/mol. The number of rotatable bonds is 42. The monoisotopic (exact) mass is 1280 g/mol. The lowest BCUT2D eigenvalue weighted by molar-refractivity contribution is -0.147. The van der Waals surface area contributed by atoms with Gasteiger partial charge in [0.2, 0.25) is 70.9 Å². The number of primary amides is 1. The number of carboxylic acids is 4. The van der Waals surface area contributed by atoms with Crippen molar-refractivity contribution in [2.24, 2.45) is 39.8 Å². The lowest BCUT2D eigenvalue weighted by atomic mass is 10.0. The molecule has 13 atom stereocenters. The van der Waals surface area contributed by atoms with Gasteiger partial charge >= 0.3 is 23.9 Å². The summed E-state index contributed by atoms with van der Waals surface area (Å²) in [5.41, 5.74) is 21.5. The van der Waals surface area contributed by atoms with E-state index in [1.165, 1.54) is 41.5 Å². The normalized spacial score (nSPS) is 15.4. The Bertz CT molecular complexity index is 2580. The van der Waals surface area contributed by atoms with Crippen molar-refractivity contribution >= 4 is 101 Å². The van der Waals surface area contributed by atoms with Crippen LogP contribution in [0, 0.1) is 11.8 Å². The highest BCUT2D eigenvalue weighted by Gasteiger charge is 2.38. The number of carbonyl (C=O) groups is 16. The first-order chi connectivity index (χ1) is 41.3. The van der Waals surface area contributed by atoms with Crippen LogP contribution in [0.4, 0.5) is 0 Å². The van der Waals surface area contributed by atoms with Crippen molar-refractivity contribution < 1.29 is 112 Å². The number of hydrogen-bond acceptors (Lipinski definition) is 21. The Morgan fingerprint density at radius 2 is 0.742 bits per heavy atom. The zero-order valence-corrected chi connectivity index (χ0v) is 49.9. The van der Waals surface area contributed by atoms with E-state index in [1.54, 1.807) is 0 Å². The molecule has 0 aromatic carbocycles. The maximum Gasteiger partial charge on any atom is 0.326 e. The summed E-state index contributed by atoms with van der Waals surface area (Å²) >= 11 is 0. The van der Waals surface area contributed by atoms with E-state index in [0.717, 1.165) is 6.92 Å². The standard InChI is InChI=1S/C50H84N16O23/c1-19(2)35(64-42(81)25(10-12-31(52)70)57-38(77)21(5)51)46(85)56-22(6)39(78)66-37(23(7)69)48(87)65-36(20(3)4)47(86)63-30(18-68)45(84)62-29(17-67)44(83)58-24(9-8-14-55-50(53)54)40(79)60-27(15-33(73)74)43(82)59-26(11-13-32(71)72)41(80)61-28(49(88)89)16-34(75)76/h19-30,35-37,67-69H,8-18,51H2,1-7H3,(H2,52,70)(H,56,85)(H,57,77)(H,58,83)(H,59,82)(H,60,79)(H,61,80)(H,62,84)(H,63,86)(H,64,81)(H,65,87)(H,66,78)(H,71,72)(H,73,74)(H,75,76)(H,88,89)(H4,53,54,55)/t21-,22-,23+,24-,25-,26-,27-,28-,29-,30-,35-,36-,37-/m0/s1. The van der Waals surface area contributed by atoms with Crippen LogP contribution in [0.5, 0.6) is 0 Å². The van der Waals surface area contributed by atoms with Crippen LogP contribution in [-0.2, 0) is 76.7 Å². The molecule has 0 bridgehead atoms. The van der Waals surface area contributed by atoms with E-state index < -0.39 is 236 Å². The van der Waals surface area contributed by atoms with E-state index in [2.05, 4.69) is 42.2 Å². The highest BCUT2D eigenvalue weighted by atomic mass is 16.4. The second kappa shape index (κ2) is 39.4. The number of nitrogens with one attached hydrogen (secondary N) is 11. The Labute approximate surface area is 508 Å². The van der Waals surface area contributed by atoms with Gasteiger partial charge in [-0.1, -0.05) is 27.7 Å². The third kappa shape index (κ3) is 30.2. The number of nitrogens with zero attached hydrogens (tertiary/aromatic N) is 1. The summed E-state index contributed by atoms with van der Waals surface area (Å²) in [7, 11) is 0. The first-order valence-electron chi connectivity index (χ1n) is 27.5. The zero-order valence-electron chi connectivity index (χ0n) is 49.9. The fraction of sp³-hybridized carbons (Fsp3) is 0.660. The molecule has 0 aliphatic rings. The number of aliphatic carboxylic acids is 4. The fourth-order valence-corrected chi connectivity index (χ4v) is 7.56. The van der Waals surface area contributed by atoms with Gasteiger partial charge in [-0.25, -0.2) is 4.79 Å². The molecule has 0 spiro atoms. The Balaban J connectivity index is 6.48. The number of amides is 12. The first kappa shape index (κ1) is 79.6. The average Bonchev–Trinajstić information content (AvgIpc) is 1.60. The highest BCUT2D eigenvalue weighted by molar-refractivity contribution is 6.00. The van der Waals surface area contributed by atoms with Gasteiger partial charge < -0.3 is 117 Å². The van der Waals surface area contributed by atoms with Gasteiger partial charge in [-0.2, -0.15) is 0 Å². The van der Waals surface area contributed by atoms with Gasteiger partial charge in [0.1, 0.15) is 66.5 Å². The molecule has 0 fully saturated rings. The van der Waals surface area contributed by atoms with Gasteiger partial charge in [-0.15, -0.1) is 0 Å². The summed E-state index contributed by atoms with van der Waals surface area (Å²) in [5, 5.41) is 92.4. The molecular weight excluding hydrogens is 1190 g/mol. The molecule has 0 saturated heterocycles. The number of carboxylic acid groups (broad SMARTS) is 4. The minimum atomic E-state index is -2.16. The molecule has 0 radical (unpaired) electrons. The summed E-state index contributed by atoms with van der Waals surface area (Å²) < 4.78 is 0. The minimum Gasteiger partial charge on any atom is -0.481 e. The van der Waals surface area contributed by atoms with Crippen LogP contribution in [0.15, 0.2) is 4.99 Å². The Kier molecular flexibility index (Phi) is 35.3. The summed E-state index contributed by atoms with van der Waals surface area (Å²) in [6.45, 7) is 6.83. The predicted octanol–water partition coefficient (Wildman–Crippen LogP) is -10.4. The minimum absolute atomic E-state index is 0.153. The molecule has 0 heterocycles. The van der Waals surface area contributed by atoms with Crippen LogP contribution in [0.1, 0.15) is 99.8 Å². The van der Waals surface area contributed by atoms with Gasteiger partial charge in [0.15, 0.2) is 5.96 Å². The number of hydrogen-bond donors (Lipinski definition) is 22. The molecule has 0 rings (SSSR count). The second-order valence-corrected chi connectivity index (χ2v) is 20.9. The molecule has 26 N–H and O–H groups in total. The molecule has 39 nitrogen and oxygen atoms in total. The van der Waals surface area contributed by atoms with Crippen molar-refractivity contribution in [1.82, 2.24) is 58.5 Å². The van der Waals surface area contributed by atoms with Crippen molar-refractivity contribution in [1.29, 1.82) is 0 Å². The van der Waals surface area contributed by atoms with Crippen LogP contribution < -0.4 is 81.4 Å². The molecular formula is C50H84N16O23. The number of aliphatic hydroxyl groups is 3. The molecule has 0 aromatic rings. The van der Waals surface area contributed by atoms with Gasteiger partial charge in [0.05, 0.1) is 38.2 Å². The molecule has 89 heavy (non-hydrogen) atoms. The molecule has 502 valence electrons. The topological polar surface area (TPSA) is 664 Å². The largest absolute Gasteiger partial charge is 0.481 e. The Hall–Kier alpha value is -9.37. The summed E-state index contributed by atoms with van der Waals surface area (Å²) in [5.74, 6) is -22.5. The first-order valence-corrected chi connectivity index (χ1v) is 27.5. The van der Waals surface area contributed by atoms with Crippen LogP contribution >= 0.6 is 0 Å². The summed E-state index contributed by atoms with van der Waals surface area (Å²) in [6.07, 6.45) is -6.93. The molecule has 0 saturated carbocycles. The lowest BCUT2D eigenvalue weighted by Gasteiger charge is -2.29. The Morgan fingerprint density at radius 1 is 0.393 bits per heavy atom. The average molecular weight is 1280 g/mol. The van der Waals surface area contributed by atoms with Gasteiger partial charge in [-0.3, -0.25) is 76.9 Å². The summed E-state index contributed by atoms with van der Waals surface area (Å²) in [6, 6.07) is -20.8. The smallest absolute Gasteiger partial charge is 0.326 e. The van der Waals surface area contributed by atoms with Crippen molar-refractivity contribution in [2.45, 2.75) is 178 Å². The van der Waals surface area contributed by atoms with Crippen LogP contribution in [0.2, 0.25) is 0 Å². The maximum atomic E-state index is 13.8. The van der Waals surface area contributed by atoms with E-state index in [4.69, 9.17) is 28.0 Å². The van der Waals surface area contributed by atoms with E-state index in [-0.39, 0.29) is 25.8 Å². The van der Waals surface area contributed by atoms with Crippen molar-refractivity contribution in [2.75, 3.05) is 19.8 Å². The third-order valence-corrected chi connectivity index (χ3v) is 12.5. The van der Waals surface area contributed by atoms with E-state index in [1.807, 2.05) is 21.3 Å². The summed E-state index contributed by atoms with van der Waals surface area (Å²) in [4.78, 5) is 209. The van der Waals surface area contributed by atoms with E-state index >= 15 is 0 Å². The number of nitrogens with two attached hydrogens (primary N) is 4. The molecule has 39 heteroatoms. The Morgan fingerprint density at radius 3 is 1.16 bits per heavy atom. The molecule has 0 aromatic heterocycles. The van der Waals surface area contributed by atoms with Gasteiger partial charge in [0.25, 0.3) is 0 Å². The van der Waals surface area contributed by atoms with Crippen molar-refractivity contribution in [3.8, 4) is 0 Å². The quantitative estimate of drug-likeness (QED) is 0.0153. The number of aliphatic imine (C=N–C) groups is 1. The van der Waals surface area contributed by atoms with Gasteiger partial charge in [0, 0.05) is 19.4 Å². The van der Waals surface area contributed by atoms with Crippen LogP contribution in [0.25, 0.3) is 0 Å². The molecule has 12 amide bonds. The van der Waals surface area contributed by atoms with E-state index in [0.29, 0.717) is 0 Å². The molecule has 0 unspecified atom stereocenters. The molecule has 0 aliphatic carbocycles. The van der Waals surface area contributed by atoms with Gasteiger partial charge in [-0.05, 0) is 58.3 Å². The SMILES string of the molecule is CC(C)[C@H](NC(=O)[C@H](CCC(N)=O)NC(=O)[C@H](C)N)C(=O)N[C@@H](C)C(=O)N[C@H](C(=O)N[C@H](C(=O)N[C@@H](CO)C(=O)N[C@@H](CO)C(=O)N[C@@H](CCCN=C(N)N)C(=O)N[C@@H](CC(=O)O)C(=O)N[C@@H](CCC(=O)O)C(=O)N[C@@H](CC(=O)O)C(=O)O)C(C)C)[C@@H](C)O. The molecule has 0 aliphatic heterocycles. The van der Waals surface area contributed by atoms with Crippen molar-refractivity contribution in [3.05, 3.63) is 0 Å². The highest BCUT2D eigenvalue weighted by Crippen LogP contribution is 2.10.